The van der Waals surface area contributed by atoms with Gasteiger partial charge in [-0.1, -0.05) is 39.3 Å². The van der Waals surface area contributed by atoms with Gasteiger partial charge in [0.1, 0.15) is 0 Å². The lowest BCUT2D eigenvalue weighted by molar-refractivity contribution is 0.0134. The van der Waals surface area contributed by atoms with Crippen LogP contribution in [0.3, 0.4) is 0 Å². The molecule has 1 aromatic carbocycles. The zero-order valence-electron chi connectivity index (χ0n) is 12.8. The maximum Gasteiger partial charge on any atom is 0.168 e. The Morgan fingerprint density at radius 1 is 1.30 bits per heavy atom. The van der Waals surface area contributed by atoms with Crippen molar-refractivity contribution in [2.75, 3.05) is 7.11 Å². The van der Waals surface area contributed by atoms with E-state index in [1.54, 1.807) is 6.07 Å². The Hall–Kier alpha value is -1.09. The third-order valence-electron chi connectivity index (χ3n) is 4.88. The summed E-state index contributed by atoms with van der Waals surface area (Å²) >= 11 is 0. The fourth-order valence-electron chi connectivity index (χ4n) is 3.56. The maximum atomic E-state index is 14.5. The van der Waals surface area contributed by atoms with Crippen molar-refractivity contribution >= 4 is 0 Å². The van der Waals surface area contributed by atoms with Crippen LogP contribution in [0.5, 0.6) is 5.75 Å². The van der Waals surface area contributed by atoms with E-state index >= 15 is 0 Å². The third-order valence-corrected chi connectivity index (χ3v) is 4.88. The van der Waals surface area contributed by atoms with Crippen molar-refractivity contribution < 1.29 is 14.2 Å². The quantitative estimate of drug-likeness (QED) is 0.909. The highest BCUT2D eigenvalue weighted by Crippen LogP contribution is 2.44. The van der Waals surface area contributed by atoms with Gasteiger partial charge in [0.15, 0.2) is 11.6 Å². The number of halogens is 1. The number of rotatable bonds is 3. The van der Waals surface area contributed by atoms with Crippen molar-refractivity contribution in [2.45, 2.75) is 51.6 Å². The average Bonchev–Trinajstić information content (AvgIpc) is 2.38. The Bertz CT molecular complexity index is 470. The first-order valence-corrected chi connectivity index (χ1v) is 7.39. The van der Waals surface area contributed by atoms with E-state index in [1.165, 1.54) is 7.11 Å². The smallest absolute Gasteiger partial charge is 0.168 e. The average molecular weight is 280 g/mol. The minimum absolute atomic E-state index is 0.0836. The Labute approximate surface area is 121 Å². The molecule has 0 bridgehead atoms. The lowest BCUT2D eigenvalue weighted by Crippen LogP contribution is -2.41. The van der Waals surface area contributed by atoms with E-state index in [9.17, 15) is 9.50 Å². The highest BCUT2D eigenvalue weighted by atomic mass is 19.1. The van der Waals surface area contributed by atoms with Gasteiger partial charge in [0, 0.05) is 0 Å². The van der Waals surface area contributed by atoms with Gasteiger partial charge in [0.2, 0.25) is 0 Å². The molecule has 0 aliphatic heterocycles. The number of methoxy groups -OCH3 is 1. The summed E-state index contributed by atoms with van der Waals surface area (Å²) in [7, 11) is 1.48. The van der Waals surface area contributed by atoms with Crippen molar-refractivity contribution in [3.63, 3.8) is 0 Å². The van der Waals surface area contributed by atoms with E-state index in [-0.39, 0.29) is 23.6 Å². The predicted octanol–water partition coefficient (Wildman–Crippen LogP) is 3.91. The van der Waals surface area contributed by atoms with Gasteiger partial charge in [-0.3, -0.25) is 0 Å². The van der Waals surface area contributed by atoms with Gasteiger partial charge in [-0.25, -0.2) is 4.39 Å². The van der Waals surface area contributed by atoms with Gasteiger partial charge in [0.05, 0.1) is 13.2 Å². The Kier molecular flexibility index (Phi) is 4.38. The number of aliphatic hydroxyl groups is 1. The summed E-state index contributed by atoms with van der Waals surface area (Å²) in [5.41, 5.74) is 0.230. The molecule has 0 radical (unpaired) electrons. The van der Waals surface area contributed by atoms with Gasteiger partial charge in [-0.15, -0.1) is 0 Å². The molecule has 0 saturated heterocycles. The van der Waals surface area contributed by atoms with Crippen LogP contribution in [0.1, 0.15) is 45.6 Å². The molecule has 1 aliphatic rings. The summed E-state index contributed by atoms with van der Waals surface area (Å²) in [6.07, 6.45) is 2.47. The van der Waals surface area contributed by atoms with Gasteiger partial charge >= 0.3 is 0 Å². The van der Waals surface area contributed by atoms with E-state index in [0.29, 0.717) is 11.5 Å². The van der Waals surface area contributed by atoms with Gasteiger partial charge in [-0.05, 0) is 41.7 Å². The van der Waals surface area contributed by atoms with Crippen LogP contribution in [-0.2, 0) is 5.41 Å². The second kappa shape index (κ2) is 5.72. The van der Waals surface area contributed by atoms with Gasteiger partial charge in [0.25, 0.3) is 0 Å². The molecule has 0 spiro atoms. The summed E-state index contributed by atoms with van der Waals surface area (Å²) in [4.78, 5) is 0. The number of aliphatic hydroxyl groups excluding tert-OH is 1. The predicted molar refractivity (Wildman–Crippen MR) is 78.5 cm³/mol. The molecule has 3 atom stereocenters. The van der Waals surface area contributed by atoms with Crippen LogP contribution < -0.4 is 4.74 Å². The molecule has 1 aromatic rings. The second-order valence-electron chi connectivity index (χ2n) is 6.64. The van der Waals surface area contributed by atoms with Crippen molar-refractivity contribution in [2.24, 2.45) is 11.8 Å². The molecule has 3 unspecified atom stereocenters. The Balaban J connectivity index is 2.34. The fourth-order valence-corrected chi connectivity index (χ4v) is 3.56. The van der Waals surface area contributed by atoms with Gasteiger partial charge in [-0.2, -0.15) is 0 Å². The normalized spacial score (nSPS) is 27.4. The summed E-state index contributed by atoms with van der Waals surface area (Å²) in [5.74, 6) is 0.604. The Morgan fingerprint density at radius 2 is 2.00 bits per heavy atom. The SMILES string of the molecule is COc1cccc(C(C)(C)C2CCC(C)CC2O)c1F. The van der Waals surface area contributed by atoms with E-state index in [4.69, 9.17) is 4.74 Å². The molecular weight excluding hydrogens is 255 g/mol. The fraction of sp³-hybridized carbons (Fsp3) is 0.647. The second-order valence-corrected chi connectivity index (χ2v) is 6.64. The molecule has 1 N–H and O–H groups in total. The number of hydrogen-bond donors (Lipinski definition) is 1. The van der Waals surface area contributed by atoms with Crippen LogP contribution in [0.15, 0.2) is 18.2 Å². The lowest BCUT2D eigenvalue weighted by Gasteiger charge is -2.42. The van der Waals surface area contributed by atoms with E-state index in [2.05, 4.69) is 6.92 Å². The molecule has 2 rings (SSSR count). The summed E-state index contributed by atoms with van der Waals surface area (Å²) in [6.45, 7) is 6.21. The maximum absolute atomic E-state index is 14.5. The molecule has 112 valence electrons. The standard InChI is InChI=1S/C17H25FO2/c1-11-8-9-12(14(19)10-11)17(2,3)13-6-5-7-15(20-4)16(13)18/h5-7,11-12,14,19H,8-10H2,1-4H3. The minimum atomic E-state index is -0.405. The molecule has 1 saturated carbocycles. The molecular formula is C17H25FO2. The number of hydrogen-bond acceptors (Lipinski definition) is 2. The molecule has 1 fully saturated rings. The van der Waals surface area contributed by atoms with Crippen molar-refractivity contribution in [3.8, 4) is 5.75 Å². The van der Waals surface area contributed by atoms with Crippen molar-refractivity contribution in [1.29, 1.82) is 0 Å². The first kappa shape index (κ1) is 15.3. The first-order chi connectivity index (χ1) is 9.37. The largest absolute Gasteiger partial charge is 0.494 e. The highest BCUT2D eigenvalue weighted by Gasteiger charge is 2.40. The zero-order chi connectivity index (χ0) is 14.9. The van der Waals surface area contributed by atoms with E-state index < -0.39 is 5.41 Å². The minimum Gasteiger partial charge on any atom is -0.494 e. The molecule has 1 aliphatic carbocycles. The lowest BCUT2D eigenvalue weighted by atomic mass is 9.64. The molecule has 2 nitrogen and oxygen atoms in total. The van der Waals surface area contributed by atoms with Crippen molar-refractivity contribution in [3.05, 3.63) is 29.6 Å². The van der Waals surface area contributed by atoms with Crippen LogP contribution in [0, 0.1) is 17.7 Å². The molecule has 20 heavy (non-hydrogen) atoms. The third kappa shape index (κ3) is 2.69. The first-order valence-electron chi connectivity index (χ1n) is 7.39. The zero-order valence-corrected chi connectivity index (χ0v) is 12.8. The number of ether oxygens (including phenoxy) is 1. The summed E-state index contributed by atoms with van der Waals surface area (Å²) in [5, 5.41) is 10.4. The van der Waals surface area contributed by atoms with Crippen LogP contribution >= 0.6 is 0 Å². The van der Waals surface area contributed by atoms with Crippen LogP contribution in [0.4, 0.5) is 4.39 Å². The highest BCUT2D eigenvalue weighted by molar-refractivity contribution is 5.36. The monoisotopic (exact) mass is 280 g/mol. The molecule has 0 aromatic heterocycles. The van der Waals surface area contributed by atoms with E-state index in [0.717, 1.165) is 19.3 Å². The van der Waals surface area contributed by atoms with Crippen LogP contribution in [-0.4, -0.2) is 18.3 Å². The topological polar surface area (TPSA) is 29.5 Å². The van der Waals surface area contributed by atoms with Crippen molar-refractivity contribution in [1.82, 2.24) is 0 Å². The molecule has 3 heteroatoms. The van der Waals surface area contributed by atoms with Crippen LogP contribution in [0.2, 0.25) is 0 Å². The van der Waals surface area contributed by atoms with Crippen LogP contribution in [0.25, 0.3) is 0 Å². The van der Waals surface area contributed by atoms with Gasteiger partial charge < -0.3 is 9.84 Å². The summed E-state index contributed by atoms with van der Waals surface area (Å²) in [6, 6.07) is 5.26. The molecule has 0 amide bonds. The summed E-state index contributed by atoms with van der Waals surface area (Å²) < 4.78 is 19.6. The number of benzene rings is 1. The van der Waals surface area contributed by atoms with E-state index in [1.807, 2.05) is 26.0 Å². The Morgan fingerprint density at radius 3 is 2.60 bits per heavy atom. The molecule has 0 heterocycles.